The Balaban J connectivity index is 1.64. The van der Waals surface area contributed by atoms with Crippen molar-refractivity contribution in [2.75, 3.05) is 4.90 Å². The minimum Gasteiger partial charge on any atom is -0.355 e. The Labute approximate surface area is 160 Å². The zero-order valence-corrected chi connectivity index (χ0v) is 15.5. The van der Waals surface area contributed by atoms with Gasteiger partial charge in [-0.3, -0.25) is 9.69 Å². The van der Waals surface area contributed by atoms with Gasteiger partial charge in [0.15, 0.2) is 11.5 Å². The Morgan fingerprint density at radius 2 is 1.96 bits per heavy atom. The van der Waals surface area contributed by atoms with Gasteiger partial charge in [-0.15, -0.1) is 11.3 Å². The Bertz CT molecular complexity index is 1030. The number of pyridine rings is 1. The van der Waals surface area contributed by atoms with Gasteiger partial charge in [-0.25, -0.2) is 4.98 Å². The van der Waals surface area contributed by atoms with Crippen molar-refractivity contribution >= 4 is 23.1 Å². The standard InChI is InChI=1S/C21H17N3O2S/c1-15-7-9-16(10-8-15)19-13-18(23-26-19)21(25)24(14-17-5-4-12-27-17)20-6-2-3-11-22-20/h2-13H,14H2,1H3. The van der Waals surface area contributed by atoms with Crippen LogP contribution in [0.15, 0.2) is 76.8 Å². The molecule has 5 nitrogen and oxygen atoms in total. The lowest BCUT2D eigenvalue weighted by molar-refractivity contribution is 0.0976. The minimum absolute atomic E-state index is 0.246. The van der Waals surface area contributed by atoms with Crippen molar-refractivity contribution in [2.45, 2.75) is 13.5 Å². The molecule has 0 atom stereocenters. The zero-order chi connectivity index (χ0) is 18.6. The van der Waals surface area contributed by atoms with E-state index in [1.807, 2.05) is 66.9 Å². The quantitative estimate of drug-likeness (QED) is 0.495. The highest BCUT2D eigenvalue weighted by Gasteiger charge is 2.23. The zero-order valence-electron chi connectivity index (χ0n) is 14.7. The van der Waals surface area contributed by atoms with Crippen molar-refractivity contribution in [3.8, 4) is 11.3 Å². The summed E-state index contributed by atoms with van der Waals surface area (Å²) >= 11 is 1.60. The molecule has 0 bridgehead atoms. The lowest BCUT2D eigenvalue weighted by Crippen LogP contribution is -2.31. The van der Waals surface area contributed by atoms with Gasteiger partial charge in [0.2, 0.25) is 0 Å². The third kappa shape index (κ3) is 3.80. The van der Waals surface area contributed by atoms with E-state index in [1.165, 1.54) is 0 Å². The molecule has 27 heavy (non-hydrogen) atoms. The van der Waals surface area contributed by atoms with E-state index < -0.39 is 0 Å². The molecule has 0 N–H and O–H groups in total. The van der Waals surface area contributed by atoms with Gasteiger partial charge in [-0.1, -0.05) is 47.1 Å². The summed E-state index contributed by atoms with van der Waals surface area (Å²) in [7, 11) is 0. The monoisotopic (exact) mass is 375 g/mol. The molecule has 1 amide bonds. The SMILES string of the molecule is Cc1ccc(-c2cc(C(=O)N(Cc3cccs3)c3ccccn3)no2)cc1. The first-order valence-electron chi connectivity index (χ1n) is 8.50. The molecule has 4 rings (SSSR count). The van der Waals surface area contributed by atoms with Gasteiger partial charge in [0.25, 0.3) is 5.91 Å². The number of thiophene rings is 1. The number of aromatic nitrogens is 2. The van der Waals surface area contributed by atoms with Gasteiger partial charge in [0.05, 0.1) is 6.54 Å². The first-order chi connectivity index (χ1) is 13.2. The van der Waals surface area contributed by atoms with Crippen molar-refractivity contribution < 1.29 is 9.32 Å². The number of amides is 1. The molecule has 0 aliphatic rings. The maximum atomic E-state index is 13.1. The maximum absolute atomic E-state index is 13.1. The summed E-state index contributed by atoms with van der Waals surface area (Å²) in [5.41, 5.74) is 2.30. The molecule has 3 aromatic heterocycles. The summed E-state index contributed by atoms with van der Waals surface area (Å²) in [5.74, 6) is 0.899. The second kappa shape index (κ2) is 7.55. The number of carbonyl (C=O) groups excluding carboxylic acids is 1. The predicted octanol–water partition coefficient (Wildman–Crippen LogP) is 4.95. The molecule has 0 aliphatic heterocycles. The number of hydrogen-bond acceptors (Lipinski definition) is 5. The highest BCUT2D eigenvalue weighted by atomic mass is 32.1. The largest absolute Gasteiger partial charge is 0.355 e. The van der Waals surface area contributed by atoms with E-state index in [9.17, 15) is 4.79 Å². The summed E-state index contributed by atoms with van der Waals surface area (Å²) < 4.78 is 5.42. The van der Waals surface area contributed by atoms with Crippen LogP contribution >= 0.6 is 11.3 Å². The van der Waals surface area contributed by atoms with Crippen LogP contribution in [0.5, 0.6) is 0 Å². The average molecular weight is 375 g/mol. The predicted molar refractivity (Wildman–Crippen MR) is 106 cm³/mol. The smallest absolute Gasteiger partial charge is 0.281 e. The van der Waals surface area contributed by atoms with Crippen molar-refractivity contribution in [1.82, 2.24) is 10.1 Å². The van der Waals surface area contributed by atoms with Crippen LogP contribution in [-0.2, 0) is 6.54 Å². The van der Waals surface area contributed by atoms with Gasteiger partial charge in [0.1, 0.15) is 5.82 Å². The second-order valence-corrected chi connectivity index (χ2v) is 7.13. The summed E-state index contributed by atoms with van der Waals surface area (Å²) in [4.78, 5) is 20.2. The van der Waals surface area contributed by atoms with E-state index in [0.717, 1.165) is 16.0 Å². The molecule has 4 aromatic rings. The van der Waals surface area contributed by atoms with E-state index in [1.54, 1.807) is 28.5 Å². The van der Waals surface area contributed by atoms with Gasteiger partial charge in [0, 0.05) is 22.7 Å². The number of rotatable bonds is 5. The Morgan fingerprint density at radius 1 is 1.11 bits per heavy atom. The van der Waals surface area contributed by atoms with Crippen molar-refractivity contribution in [1.29, 1.82) is 0 Å². The number of carbonyl (C=O) groups is 1. The van der Waals surface area contributed by atoms with Gasteiger partial charge < -0.3 is 4.52 Å². The molecule has 3 heterocycles. The average Bonchev–Trinajstić information content (AvgIpc) is 3.39. The first kappa shape index (κ1) is 17.2. The van der Waals surface area contributed by atoms with Gasteiger partial charge >= 0.3 is 0 Å². The Kier molecular flexibility index (Phi) is 4.80. The Morgan fingerprint density at radius 3 is 2.67 bits per heavy atom. The summed E-state index contributed by atoms with van der Waals surface area (Å²) in [5, 5.41) is 5.99. The van der Waals surface area contributed by atoms with Crippen LogP contribution in [0.1, 0.15) is 20.9 Å². The lowest BCUT2D eigenvalue weighted by Gasteiger charge is -2.19. The number of aryl methyl sites for hydroxylation is 1. The molecule has 0 radical (unpaired) electrons. The highest BCUT2D eigenvalue weighted by Crippen LogP contribution is 2.24. The Hall–Kier alpha value is -3.25. The molecule has 1 aromatic carbocycles. The van der Waals surface area contributed by atoms with Crippen LogP contribution in [0.4, 0.5) is 5.82 Å². The number of benzene rings is 1. The molecule has 6 heteroatoms. The number of hydrogen-bond donors (Lipinski definition) is 0. The van der Waals surface area contributed by atoms with E-state index in [4.69, 9.17) is 4.52 Å². The van der Waals surface area contributed by atoms with Gasteiger partial charge in [-0.2, -0.15) is 0 Å². The summed E-state index contributed by atoms with van der Waals surface area (Å²) in [6.45, 7) is 2.45. The molecular weight excluding hydrogens is 358 g/mol. The van der Waals surface area contributed by atoms with Crippen LogP contribution in [-0.4, -0.2) is 16.0 Å². The van der Waals surface area contributed by atoms with Crippen LogP contribution < -0.4 is 4.90 Å². The maximum Gasteiger partial charge on any atom is 0.281 e. The van der Waals surface area contributed by atoms with E-state index >= 15 is 0 Å². The van der Waals surface area contributed by atoms with E-state index in [2.05, 4.69) is 10.1 Å². The molecule has 0 unspecified atom stereocenters. The van der Waals surface area contributed by atoms with Crippen molar-refractivity contribution in [3.63, 3.8) is 0 Å². The molecular formula is C21H17N3O2S. The topological polar surface area (TPSA) is 59.2 Å². The molecule has 0 fully saturated rings. The van der Waals surface area contributed by atoms with Crippen molar-refractivity contribution in [3.05, 3.63) is 88.4 Å². The third-order valence-electron chi connectivity index (χ3n) is 4.13. The van der Waals surface area contributed by atoms with E-state index in [-0.39, 0.29) is 11.6 Å². The normalized spacial score (nSPS) is 10.7. The fourth-order valence-corrected chi connectivity index (χ4v) is 3.39. The van der Waals surface area contributed by atoms with E-state index in [0.29, 0.717) is 18.1 Å². The van der Waals surface area contributed by atoms with Crippen LogP contribution in [0, 0.1) is 6.92 Å². The van der Waals surface area contributed by atoms with Crippen LogP contribution in [0.25, 0.3) is 11.3 Å². The van der Waals surface area contributed by atoms with Gasteiger partial charge in [-0.05, 0) is 30.5 Å². The minimum atomic E-state index is -0.246. The third-order valence-corrected chi connectivity index (χ3v) is 4.99. The number of nitrogens with zero attached hydrogens (tertiary/aromatic N) is 3. The molecule has 0 saturated carbocycles. The number of anilines is 1. The molecule has 0 spiro atoms. The lowest BCUT2D eigenvalue weighted by atomic mass is 10.1. The summed E-state index contributed by atoms with van der Waals surface area (Å²) in [6, 6.07) is 19.0. The summed E-state index contributed by atoms with van der Waals surface area (Å²) in [6.07, 6.45) is 1.67. The molecule has 0 aliphatic carbocycles. The molecule has 0 saturated heterocycles. The van der Waals surface area contributed by atoms with Crippen LogP contribution in [0.2, 0.25) is 0 Å². The fraction of sp³-hybridized carbons (Fsp3) is 0.0952. The first-order valence-corrected chi connectivity index (χ1v) is 9.38. The highest BCUT2D eigenvalue weighted by molar-refractivity contribution is 7.09. The second-order valence-electron chi connectivity index (χ2n) is 6.10. The van der Waals surface area contributed by atoms with Crippen LogP contribution in [0.3, 0.4) is 0 Å². The fourth-order valence-electron chi connectivity index (χ4n) is 2.70. The molecule has 134 valence electrons. The van der Waals surface area contributed by atoms with Crippen molar-refractivity contribution in [2.24, 2.45) is 0 Å².